The number of nitrogens with one attached hydrogen (secondary N) is 3. The summed E-state index contributed by atoms with van der Waals surface area (Å²) < 4.78 is 28.9. The Morgan fingerprint density at radius 3 is 2.43 bits per heavy atom. The second kappa shape index (κ2) is 10.4. The molecule has 35 heavy (non-hydrogen) atoms. The number of hydrogen-bond acceptors (Lipinski definition) is 5. The van der Waals surface area contributed by atoms with Gasteiger partial charge in [0.25, 0.3) is 0 Å². The van der Waals surface area contributed by atoms with Gasteiger partial charge in [0.1, 0.15) is 23.0 Å². The Bertz CT molecular complexity index is 1300. The molecule has 1 aromatic heterocycles. The van der Waals surface area contributed by atoms with Gasteiger partial charge in [-0.05, 0) is 54.1 Å². The minimum atomic E-state index is -0.758. The number of piperazine rings is 1. The molecule has 0 atom stereocenters. The van der Waals surface area contributed by atoms with E-state index in [-0.39, 0.29) is 42.3 Å². The molecule has 3 N–H and O–H groups in total. The number of amides is 2. The number of hydrogen-bond donors (Lipinski definition) is 3. The lowest BCUT2D eigenvalue weighted by atomic mass is 10.1. The smallest absolute Gasteiger partial charge is 0.240 e. The van der Waals surface area contributed by atoms with E-state index in [0.717, 1.165) is 18.2 Å². The summed E-state index contributed by atoms with van der Waals surface area (Å²) in [6.07, 6.45) is 1.18. The Morgan fingerprint density at radius 1 is 1.06 bits per heavy atom. The summed E-state index contributed by atoms with van der Waals surface area (Å²) in [5.74, 6) is -2.18. The van der Waals surface area contributed by atoms with Crippen LogP contribution in [0.4, 0.5) is 20.2 Å². The van der Waals surface area contributed by atoms with Crippen molar-refractivity contribution in [2.75, 3.05) is 29.4 Å². The summed E-state index contributed by atoms with van der Waals surface area (Å²) in [6, 6.07) is 14.6. The van der Waals surface area contributed by atoms with Crippen molar-refractivity contribution < 1.29 is 18.4 Å². The predicted molar refractivity (Wildman–Crippen MR) is 127 cm³/mol. The maximum Gasteiger partial charge on any atom is 0.240 e. The Morgan fingerprint density at radius 2 is 1.77 bits per heavy atom. The molecule has 3 aromatic rings. The first-order chi connectivity index (χ1) is 16.8. The van der Waals surface area contributed by atoms with Crippen molar-refractivity contribution in [3.8, 4) is 0 Å². The van der Waals surface area contributed by atoms with Gasteiger partial charge in [0.2, 0.25) is 11.8 Å². The third kappa shape index (κ3) is 5.67. The minimum absolute atomic E-state index is 0.0501. The number of benzene rings is 2. The van der Waals surface area contributed by atoms with Crippen LogP contribution in [0.2, 0.25) is 0 Å². The number of nitrogens with zero attached hydrogens (tertiary/aromatic N) is 3. The minimum Gasteiger partial charge on any atom is -0.310 e. The van der Waals surface area contributed by atoms with Crippen molar-refractivity contribution in [3.63, 3.8) is 0 Å². The molecule has 180 valence electrons. The fourth-order valence-corrected chi connectivity index (χ4v) is 3.90. The van der Waals surface area contributed by atoms with Crippen molar-refractivity contribution in [2.24, 2.45) is 0 Å². The molecule has 10 heteroatoms. The predicted octanol–water partition coefficient (Wildman–Crippen LogP) is 2.63. The Kier molecular flexibility index (Phi) is 7.11. The molecule has 0 spiro atoms. The average molecular weight is 479 g/mol. The molecule has 0 saturated carbocycles. The largest absolute Gasteiger partial charge is 0.310 e. The molecule has 1 saturated heterocycles. The highest BCUT2D eigenvalue weighted by Crippen LogP contribution is 2.24. The second-order valence-electron chi connectivity index (χ2n) is 8.08. The van der Waals surface area contributed by atoms with Crippen molar-refractivity contribution in [3.05, 3.63) is 89.5 Å². The highest BCUT2D eigenvalue weighted by atomic mass is 19.1. The van der Waals surface area contributed by atoms with E-state index in [1.165, 1.54) is 21.7 Å². The summed E-state index contributed by atoms with van der Waals surface area (Å²) in [7, 11) is 0. The van der Waals surface area contributed by atoms with Gasteiger partial charge in [0, 0.05) is 36.7 Å². The van der Waals surface area contributed by atoms with E-state index < -0.39 is 17.5 Å². The number of aromatic nitrogens is 1. The van der Waals surface area contributed by atoms with Crippen molar-refractivity contribution in [1.29, 1.82) is 10.8 Å². The van der Waals surface area contributed by atoms with Crippen LogP contribution in [0.5, 0.6) is 0 Å². The molecule has 0 bridgehead atoms. The highest BCUT2D eigenvalue weighted by Gasteiger charge is 2.22. The van der Waals surface area contributed by atoms with Gasteiger partial charge in [-0.25, -0.2) is 8.78 Å². The number of pyridine rings is 1. The van der Waals surface area contributed by atoms with Crippen LogP contribution >= 0.6 is 0 Å². The summed E-state index contributed by atoms with van der Waals surface area (Å²) in [4.78, 5) is 28.5. The first-order valence-electron chi connectivity index (χ1n) is 11.0. The zero-order valence-corrected chi connectivity index (χ0v) is 18.8. The quantitative estimate of drug-likeness (QED) is 0.375. The van der Waals surface area contributed by atoms with Crippen molar-refractivity contribution in [2.45, 2.75) is 13.0 Å². The molecule has 2 heterocycles. The van der Waals surface area contributed by atoms with E-state index >= 15 is 0 Å². The number of rotatable bonds is 6. The molecule has 1 aliphatic heterocycles. The maximum atomic E-state index is 13.8. The van der Waals surface area contributed by atoms with E-state index in [9.17, 15) is 18.4 Å². The van der Waals surface area contributed by atoms with Gasteiger partial charge in [-0.2, -0.15) is 0 Å². The Labute approximate surface area is 200 Å². The fraction of sp³-hybridized carbons (Fsp3) is 0.200. The molecule has 0 radical (unpaired) electrons. The lowest BCUT2D eigenvalue weighted by molar-refractivity contribution is -0.119. The summed E-state index contributed by atoms with van der Waals surface area (Å²) in [6.45, 7) is 1.31. The molecule has 4 rings (SSSR count). The SMILES string of the molecule is N=C(CC(=O)N(Cc1cc(F)cc(F)c1)c1ccc(N2CCNCC2=O)cc1)n1ccccc1=N. The lowest BCUT2D eigenvalue weighted by Crippen LogP contribution is -2.48. The van der Waals surface area contributed by atoms with Crippen molar-refractivity contribution >= 4 is 29.0 Å². The van der Waals surface area contributed by atoms with Crippen LogP contribution in [0.3, 0.4) is 0 Å². The van der Waals surface area contributed by atoms with E-state index in [0.29, 0.717) is 24.5 Å². The van der Waals surface area contributed by atoms with E-state index in [1.807, 2.05) is 0 Å². The van der Waals surface area contributed by atoms with Gasteiger partial charge in [-0.1, -0.05) is 6.07 Å². The van der Waals surface area contributed by atoms with Gasteiger partial charge in [-0.15, -0.1) is 0 Å². The molecule has 1 aliphatic rings. The van der Waals surface area contributed by atoms with Crippen LogP contribution in [0, 0.1) is 22.5 Å². The topological polar surface area (TPSA) is 105 Å². The molecule has 0 unspecified atom stereocenters. The lowest BCUT2D eigenvalue weighted by Gasteiger charge is -2.28. The molecular weight excluding hydrogens is 454 g/mol. The first kappa shape index (κ1) is 24.0. The monoisotopic (exact) mass is 478 g/mol. The van der Waals surface area contributed by atoms with Crippen LogP contribution in [0.1, 0.15) is 12.0 Å². The van der Waals surface area contributed by atoms with E-state index in [2.05, 4.69) is 5.32 Å². The first-order valence-corrected chi connectivity index (χ1v) is 11.0. The zero-order chi connectivity index (χ0) is 24.9. The van der Waals surface area contributed by atoms with Gasteiger partial charge < -0.3 is 15.1 Å². The van der Waals surface area contributed by atoms with Crippen LogP contribution < -0.4 is 20.6 Å². The van der Waals surface area contributed by atoms with Gasteiger partial charge in [0.05, 0.1) is 19.5 Å². The van der Waals surface area contributed by atoms with Crippen LogP contribution in [-0.4, -0.2) is 41.9 Å². The van der Waals surface area contributed by atoms with Crippen LogP contribution in [0.25, 0.3) is 0 Å². The van der Waals surface area contributed by atoms with Crippen LogP contribution in [-0.2, 0) is 16.1 Å². The van der Waals surface area contributed by atoms with E-state index in [4.69, 9.17) is 10.8 Å². The van der Waals surface area contributed by atoms with Gasteiger partial charge in [0.15, 0.2) is 0 Å². The highest BCUT2D eigenvalue weighted by molar-refractivity contribution is 6.06. The van der Waals surface area contributed by atoms with Crippen molar-refractivity contribution in [1.82, 2.24) is 9.88 Å². The number of halogens is 2. The standard InChI is InChI=1S/C25H24F2N6O2/c26-18-11-17(12-19(27)13-18)16-33(24(34)14-23(29)32-9-2-1-3-22(32)28)21-6-4-20(5-7-21)31-10-8-30-15-25(31)35/h1-7,9,11-13,28-30H,8,10,14-16H2. The number of anilines is 2. The maximum absolute atomic E-state index is 13.8. The van der Waals surface area contributed by atoms with Gasteiger partial charge >= 0.3 is 0 Å². The van der Waals surface area contributed by atoms with E-state index in [1.54, 1.807) is 41.3 Å². The third-order valence-corrected chi connectivity index (χ3v) is 5.60. The molecule has 2 amide bonds. The second-order valence-corrected chi connectivity index (χ2v) is 8.08. The molecule has 0 aliphatic carbocycles. The number of carbonyl (C=O) groups is 2. The molecule has 2 aromatic carbocycles. The summed E-state index contributed by atoms with van der Waals surface area (Å²) >= 11 is 0. The fourth-order valence-electron chi connectivity index (χ4n) is 3.90. The zero-order valence-electron chi connectivity index (χ0n) is 18.8. The average Bonchev–Trinajstić information content (AvgIpc) is 2.82. The molecular formula is C25H24F2N6O2. The summed E-state index contributed by atoms with van der Waals surface area (Å²) in [5, 5.41) is 19.3. The third-order valence-electron chi connectivity index (χ3n) is 5.60. The van der Waals surface area contributed by atoms with Crippen LogP contribution in [0.15, 0.2) is 66.9 Å². The molecule has 1 fully saturated rings. The summed E-state index contributed by atoms with van der Waals surface area (Å²) in [5.41, 5.74) is 1.42. The Hall–Kier alpha value is -4.18. The number of carbonyl (C=O) groups excluding carboxylic acids is 2. The Balaban J connectivity index is 1.62. The normalized spacial score (nSPS) is 13.5. The molecule has 8 nitrogen and oxygen atoms in total. The van der Waals surface area contributed by atoms with Gasteiger partial charge in [-0.3, -0.25) is 25.0 Å².